The van der Waals surface area contributed by atoms with Crippen LogP contribution in [0, 0.1) is 6.92 Å². The number of hydrogen-bond acceptors (Lipinski definition) is 2. The number of rotatable bonds is 4. The zero-order valence-electron chi connectivity index (χ0n) is 12.7. The first kappa shape index (κ1) is 15.3. The molecule has 0 bridgehead atoms. The molecule has 0 unspecified atom stereocenters. The normalized spacial score (nSPS) is 15.2. The molecule has 116 valence electrons. The number of benzene rings is 1. The third kappa shape index (κ3) is 3.58. The van der Waals surface area contributed by atoms with E-state index in [4.69, 9.17) is 0 Å². The molecular formula is C17H20BrN3O. The van der Waals surface area contributed by atoms with E-state index in [9.17, 15) is 4.79 Å². The lowest BCUT2D eigenvalue weighted by Gasteiger charge is -2.14. The zero-order chi connectivity index (χ0) is 15.5. The van der Waals surface area contributed by atoms with Gasteiger partial charge in [-0.05, 0) is 37.5 Å². The average Bonchev–Trinajstić information content (AvgIpc) is 3.11. The molecule has 1 aromatic heterocycles. The molecule has 1 fully saturated rings. The Bertz CT molecular complexity index is 657. The van der Waals surface area contributed by atoms with Gasteiger partial charge in [0.2, 0.25) is 5.91 Å². The Hall–Kier alpha value is -1.62. The van der Waals surface area contributed by atoms with Gasteiger partial charge in [-0.25, -0.2) is 4.68 Å². The van der Waals surface area contributed by atoms with Gasteiger partial charge in [0.05, 0.1) is 18.2 Å². The topological polar surface area (TPSA) is 46.9 Å². The van der Waals surface area contributed by atoms with Crippen LogP contribution in [0.4, 0.5) is 5.82 Å². The summed E-state index contributed by atoms with van der Waals surface area (Å²) in [5, 5.41) is 7.58. The Labute approximate surface area is 139 Å². The van der Waals surface area contributed by atoms with E-state index in [2.05, 4.69) is 26.3 Å². The lowest BCUT2D eigenvalue weighted by atomic mass is 10.1. The van der Waals surface area contributed by atoms with Gasteiger partial charge in [0.1, 0.15) is 5.82 Å². The Kier molecular flexibility index (Phi) is 4.62. The number of anilines is 1. The average molecular weight is 362 g/mol. The smallest absolute Gasteiger partial charge is 0.229 e. The van der Waals surface area contributed by atoms with Crippen molar-refractivity contribution in [2.75, 3.05) is 5.32 Å². The van der Waals surface area contributed by atoms with Gasteiger partial charge in [-0.15, -0.1) is 0 Å². The molecule has 4 nitrogen and oxygen atoms in total. The van der Waals surface area contributed by atoms with Crippen molar-refractivity contribution in [2.24, 2.45) is 0 Å². The summed E-state index contributed by atoms with van der Waals surface area (Å²) in [5.74, 6) is 0.827. The summed E-state index contributed by atoms with van der Waals surface area (Å²) < 4.78 is 3.02. The molecule has 0 radical (unpaired) electrons. The molecule has 0 atom stereocenters. The molecule has 1 saturated carbocycles. The second kappa shape index (κ2) is 6.65. The van der Waals surface area contributed by atoms with Gasteiger partial charge >= 0.3 is 0 Å². The number of carbonyl (C=O) groups excluding carboxylic acids is 1. The molecule has 0 spiro atoms. The molecule has 0 aliphatic heterocycles. The van der Waals surface area contributed by atoms with E-state index in [0.717, 1.165) is 34.4 Å². The van der Waals surface area contributed by atoms with Gasteiger partial charge in [0.15, 0.2) is 0 Å². The summed E-state index contributed by atoms with van der Waals surface area (Å²) >= 11 is 3.40. The number of hydrogen-bond donors (Lipinski definition) is 1. The molecule has 22 heavy (non-hydrogen) atoms. The minimum Gasteiger partial charge on any atom is -0.311 e. The van der Waals surface area contributed by atoms with Crippen LogP contribution in [0.15, 0.2) is 34.8 Å². The molecule has 1 heterocycles. The van der Waals surface area contributed by atoms with Crippen LogP contribution in [0.3, 0.4) is 0 Å². The summed E-state index contributed by atoms with van der Waals surface area (Å²) in [6.07, 6.45) is 5.17. The SMILES string of the molecule is Cc1cc(NC(=O)Cc2ccc(Br)cc2)n(C2CCCC2)n1. The fourth-order valence-corrected chi connectivity index (χ4v) is 3.28. The van der Waals surface area contributed by atoms with Crippen molar-refractivity contribution in [2.45, 2.75) is 45.1 Å². The highest BCUT2D eigenvalue weighted by Gasteiger charge is 2.21. The third-order valence-electron chi connectivity index (χ3n) is 4.07. The maximum atomic E-state index is 12.3. The number of halogens is 1. The van der Waals surface area contributed by atoms with Gasteiger partial charge in [-0.2, -0.15) is 5.10 Å². The van der Waals surface area contributed by atoms with Crippen LogP contribution in [-0.2, 0) is 11.2 Å². The molecule has 1 amide bonds. The van der Waals surface area contributed by atoms with Crippen LogP contribution in [0.1, 0.15) is 43.0 Å². The van der Waals surface area contributed by atoms with E-state index >= 15 is 0 Å². The van der Waals surface area contributed by atoms with Crippen LogP contribution in [0.2, 0.25) is 0 Å². The second-order valence-electron chi connectivity index (χ2n) is 5.91. The van der Waals surface area contributed by atoms with Crippen LogP contribution >= 0.6 is 15.9 Å². The molecule has 1 aliphatic rings. The summed E-state index contributed by atoms with van der Waals surface area (Å²) in [6.45, 7) is 1.97. The quantitative estimate of drug-likeness (QED) is 0.884. The van der Waals surface area contributed by atoms with Crippen LogP contribution < -0.4 is 5.32 Å². The van der Waals surface area contributed by atoms with Crippen LogP contribution in [0.25, 0.3) is 0 Å². The van der Waals surface area contributed by atoms with E-state index in [-0.39, 0.29) is 5.91 Å². The monoisotopic (exact) mass is 361 g/mol. The van der Waals surface area contributed by atoms with Crippen molar-refractivity contribution in [3.05, 3.63) is 46.1 Å². The molecule has 1 aromatic carbocycles. The minimum atomic E-state index is 0.00136. The number of amides is 1. The van der Waals surface area contributed by atoms with Crippen molar-refractivity contribution in [3.63, 3.8) is 0 Å². The van der Waals surface area contributed by atoms with Gasteiger partial charge in [-0.1, -0.05) is 40.9 Å². The van der Waals surface area contributed by atoms with E-state index in [1.54, 1.807) is 0 Å². The van der Waals surface area contributed by atoms with Gasteiger partial charge in [0.25, 0.3) is 0 Å². The standard InChI is InChI=1S/C17H20BrN3O/c1-12-10-16(21(20-12)15-4-2-3-5-15)19-17(22)11-13-6-8-14(18)9-7-13/h6-10,15H,2-5,11H2,1H3,(H,19,22). The summed E-state index contributed by atoms with van der Waals surface area (Å²) in [7, 11) is 0. The van der Waals surface area contributed by atoms with Crippen molar-refractivity contribution >= 4 is 27.7 Å². The van der Waals surface area contributed by atoms with Crippen LogP contribution in [0.5, 0.6) is 0 Å². The summed E-state index contributed by atoms with van der Waals surface area (Å²) in [4.78, 5) is 12.3. The number of aryl methyl sites for hydroxylation is 1. The van der Waals surface area contributed by atoms with E-state index in [1.165, 1.54) is 12.8 Å². The first-order valence-electron chi connectivity index (χ1n) is 7.72. The fraction of sp³-hybridized carbons (Fsp3) is 0.412. The molecule has 1 aliphatic carbocycles. The largest absolute Gasteiger partial charge is 0.311 e. The minimum absolute atomic E-state index is 0.00136. The van der Waals surface area contributed by atoms with Gasteiger partial charge in [-0.3, -0.25) is 4.79 Å². The zero-order valence-corrected chi connectivity index (χ0v) is 14.3. The molecular weight excluding hydrogens is 342 g/mol. The Balaban J connectivity index is 1.69. The number of aromatic nitrogens is 2. The first-order chi connectivity index (χ1) is 10.6. The predicted octanol–water partition coefficient (Wildman–Crippen LogP) is 4.25. The highest BCUT2D eigenvalue weighted by molar-refractivity contribution is 9.10. The van der Waals surface area contributed by atoms with E-state index < -0.39 is 0 Å². The van der Waals surface area contributed by atoms with Crippen molar-refractivity contribution in [3.8, 4) is 0 Å². The molecule has 0 saturated heterocycles. The number of nitrogens with one attached hydrogen (secondary N) is 1. The lowest BCUT2D eigenvalue weighted by Crippen LogP contribution is -2.19. The highest BCUT2D eigenvalue weighted by Crippen LogP contribution is 2.31. The third-order valence-corrected chi connectivity index (χ3v) is 4.60. The predicted molar refractivity (Wildman–Crippen MR) is 90.9 cm³/mol. The summed E-state index contributed by atoms with van der Waals surface area (Å²) in [6, 6.07) is 10.2. The first-order valence-corrected chi connectivity index (χ1v) is 8.51. The number of carbonyl (C=O) groups is 1. The molecule has 1 N–H and O–H groups in total. The Morgan fingerprint density at radius 1 is 1.32 bits per heavy atom. The highest BCUT2D eigenvalue weighted by atomic mass is 79.9. The van der Waals surface area contributed by atoms with Crippen LogP contribution in [-0.4, -0.2) is 15.7 Å². The molecule has 5 heteroatoms. The van der Waals surface area contributed by atoms with E-state index in [1.807, 2.05) is 41.9 Å². The summed E-state index contributed by atoms with van der Waals surface area (Å²) in [5.41, 5.74) is 1.95. The van der Waals surface area contributed by atoms with E-state index in [0.29, 0.717) is 12.5 Å². The molecule has 3 rings (SSSR count). The second-order valence-corrected chi connectivity index (χ2v) is 6.82. The Morgan fingerprint density at radius 2 is 2.00 bits per heavy atom. The maximum Gasteiger partial charge on any atom is 0.229 e. The van der Waals surface area contributed by atoms with Crippen molar-refractivity contribution in [1.82, 2.24) is 9.78 Å². The van der Waals surface area contributed by atoms with Gasteiger partial charge < -0.3 is 5.32 Å². The van der Waals surface area contributed by atoms with Crippen molar-refractivity contribution < 1.29 is 4.79 Å². The lowest BCUT2D eigenvalue weighted by molar-refractivity contribution is -0.115. The number of nitrogens with zero attached hydrogens (tertiary/aromatic N) is 2. The fourth-order valence-electron chi connectivity index (χ4n) is 3.01. The maximum absolute atomic E-state index is 12.3. The van der Waals surface area contributed by atoms with Gasteiger partial charge in [0, 0.05) is 10.5 Å². The van der Waals surface area contributed by atoms with Crippen molar-refractivity contribution in [1.29, 1.82) is 0 Å². The Morgan fingerprint density at radius 3 is 2.68 bits per heavy atom. The molecule has 2 aromatic rings.